The summed E-state index contributed by atoms with van der Waals surface area (Å²) in [5.74, 6) is 0.689. The summed E-state index contributed by atoms with van der Waals surface area (Å²) < 4.78 is 0. The molecule has 0 fully saturated rings. The Hall–Kier alpha value is 11.5. The Kier molecular flexibility index (Phi) is 181. The standard InChI is InChI=1S/2C11H23NO.3C10H21NO.4C9H19NO.2C8H17NO.C7H15NO.12Gd/c1-7-11(13,8(2)3)10(6)12-9(4)5;1-6-8-11(13,7-2)10(5)12-9(3)4;1-6-10(12,8(3)4)9(5)11-7-2;1-6-10(12,7-2)9(5)11-8(3)4;1-5-8-10(12,6-2)9(4)11-7-3;1-6-9(11,7(2)3)8(4)10-5;1-6-9(5,11)8(4)10-7(2)3;1-5-7-9(11,6-2)8(3)10-4;1-5-9(11,6-2)8(4)10-7-3;1-5-8(10,6-2)7(3)9-4;1-5-8(4,10)7(3)9-6-2;1-5-7(3,9)6(2)8-4;;;;;;;;;;;;/h8-9,13H,7H2,1-6H3;9,13H,6-8H2,1-5H3;2*8,12H,6-7H2,1-5H3;12H,5-8H2,1-4H3;2*7,11H,6H2,1-5H3;2*11H,5-7H2,1-4H3;2*10H,5-6H2,1-4H3;9H,5H2,1-4H3;;;;;;;;;;;;. The molecule has 0 radical (unpaired) electrons. The summed E-state index contributed by atoms with van der Waals surface area (Å²) in [7, 11) is 6.86. The van der Waals surface area contributed by atoms with Gasteiger partial charge in [-0.1, -0.05) is 185 Å². The van der Waals surface area contributed by atoms with Crippen LogP contribution < -0.4 is 0 Å². The van der Waals surface area contributed by atoms with Gasteiger partial charge in [0.1, 0.15) is 50.4 Å². The van der Waals surface area contributed by atoms with Crippen LogP contribution in [0.5, 0.6) is 0 Å². The van der Waals surface area contributed by atoms with Crippen LogP contribution in [0.4, 0.5) is 0 Å². The third-order valence-corrected chi connectivity index (χ3v) is 26.8. The van der Waals surface area contributed by atoms with Gasteiger partial charge in [0.15, 0.2) is 0 Å². The van der Waals surface area contributed by atoms with Crippen molar-refractivity contribution >= 4 is 68.5 Å². The van der Waals surface area contributed by atoms with Gasteiger partial charge in [0.25, 0.3) is 0 Å². The zero-order valence-corrected chi connectivity index (χ0v) is 131. The van der Waals surface area contributed by atoms with Crippen LogP contribution in [-0.4, -0.2) is 276 Å². The second-order valence-corrected chi connectivity index (χ2v) is 38.5. The summed E-state index contributed by atoms with van der Waals surface area (Å²) in [5, 5.41) is 119. The topological polar surface area (TPSA) is 391 Å². The van der Waals surface area contributed by atoms with Gasteiger partial charge in [-0.05, 0) is 320 Å². The van der Waals surface area contributed by atoms with Crippen molar-refractivity contribution < 1.29 is 541 Å². The first kappa shape index (κ1) is 217. The quantitative estimate of drug-likeness (QED) is 0.0253. The molecule has 0 saturated heterocycles. The Morgan fingerprint density at radius 1 is 0.184 bits per heavy atom. The molecule has 12 N–H and O–H groups in total. The summed E-state index contributed by atoms with van der Waals surface area (Å²) in [6.45, 7) is 103. The minimum atomic E-state index is -0.718. The molecular formula is C111H234Gd12N12O12. The van der Waals surface area contributed by atoms with Crippen LogP contribution in [0.25, 0.3) is 0 Å². The molecule has 0 aromatic carbocycles. The summed E-state index contributed by atoms with van der Waals surface area (Å²) in [5.41, 5.74) is 2.00. The van der Waals surface area contributed by atoms with Gasteiger partial charge in [-0.15, -0.1) is 0 Å². The number of hydrogen-bond acceptors (Lipinski definition) is 24. The van der Waals surface area contributed by atoms with Crippen LogP contribution in [0.2, 0.25) is 0 Å². The molecule has 0 saturated carbocycles. The van der Waals surface area contributed by atoms with Crippen LogP contribution in [0.15, 0.2) is 59.9 Å². The van der Waals surface area contributed by atoms with E-state index in [1.807, 2.05) is 312 Å². The molecule has 147 heavy (non-hydrogen) atoms. The fraction of sp³-hybridized carbons (Fsp3) is 0.892. The van der Waals surface area contributed by atoms with Crippen molar-refractivity contribution in [3.8, 4) is 0 Å². The van der Waals surface area contributed by atoms with Crippen LogP contribution >= 0.6 is 0 Å². The summed E-state index contributed by atoms with van der Waals surface area (Å²) in [4.78, 5) is 50.2. The van der Waals surface area contributed by atoms with E-state index < -0.39 is 67.2 Å². The minimum absolute atomic E-state index is 0. The van der Waals surface area contributed by atoms with Crippen LogP contribution in [-0.2, 0) is 0 Å². The van der Waals surface area contributed by atoms with Gasteiger partial charge < -0.3 is 61.3 Å². The molecule has 9 atom stereocenters. The Labute approximate surface area is 1290 Å². The van der Waals surface area contributed by atoms with E-state index in [0.29, 0.717) is 0 Å². The van der Waals surface area contributed by atoms with Gasteiger partial charge in [0.05, 0.1) is 16.8 Å². The second kappa shape index (κ2) is 122. The van der Waals surface area contributed by atoms with Crippen molar-refractivity contribution in [2.45, 2.75) is 579 Å². The van der Waals surface area contributed by atoms with Crippen LogP contribution in [0, 0.1) is 497 Å². The number of nitrogens with zero attached hydrogens (tertiary/aromatic N) is 12. The normalized spacial score (nSPS) is 15.8. The zero-order chi connectivity index (χ0) is 110. The van der Waals surface area contributed by atoms with Crippen molar-refractivity contribution in [1.29, 1.82) is 0 Å². The summed E-state index contributed by atoms with van der Waals surface area (Å²) in [6.07, 6.45) is 16.5. The van der Waals surface area contributed by atoms with Gasteiger partial charge in [-0.25, -0.2) is 0 Å². The average Bonchev–Trinajstić information content (AvgIpc) is 0.834. The first-order valence-corrected chi connectivity index (χ1v) is 52.3. The molecule has 906 valence electrons. The van der Waals surface area contributed by atoms with Gasteiger partial charge in [0, 0.05) is 626 Å². The molecule has 0 spiro atoms. The Morgan fingerprint density at radius 2 is 0.347 bits per heavy atom. The molecule has 0 aliphatic heterocycles. The second-order valence-electron chi connectivity index (χ2n) is 38.5. The van der Waals surface area contributed by atoms with E-state index in [2.05, 4.69) is 80.7 Å². The monoisotopic (exact) mass is 3820 g/mol. The average molecular weight is 3820 g/mol. The van der Waals surface area contributed by atoms with Crippen molar-refractivity contribution in [3.05, 3.63) is 0 Å². The predicted octanol–water partition coefficient (Wildman–Crippen LogP) is 25.0. The van der Waals surface area contributed by atoms with Crippen LogP contribution in [0.3, 0.4) is 0 Å². The van der Waals surface area contributed by atoms with Crippen molar-refractivity contribution in [3.63, 3.8) is 0 Å². The van der Waals surface area contributed by atoms with E-state index in [9.17, 15) is 61.3 Å². The summed E-state index contributed by atoms with van der Waals surface area (Å²) >= 11 is 0. The van der Waals surface area contributed by atoms with E-state index in [4.69, 9.17) is 0 Å². The molecule has 0 aromatic heterocycles. The number of aliphatic imine (C=N–C) groups is 12. The van der Waals surface area contributed by atoms with E-state index in [1.165, 1.54) is 0 Å². The number of aliphatic hydroxyl groups is 12. The van der Waals surface area contributed by atoms with Gasteiger partial charge in [-0.2, -0.15) is 0 Å². The SMILES string of the molecule is CCC(C)(O)C(C)=NC.CCC(C)(O)C(C)=NC(C)C.CCC(O)(C(C)=NC(C)C)C(C)C.CCC(O)(C(C)=NC)C(C)C.CCC(O)(CC)C(C)=NC.CCC(O)(CC)C(C)=NC(C)C.CCCC(O)(CC)C(C)=NC.CCCC(O)(CC)C(C)=NC(C)C.CCCC(O)(CC)C(C)=NCC.CCN=C(C)C(C)(O)CC.CCN=C(C)C(O)(CC)C(C)C.CCN=C(C)C(O)(CC)CC.[Gd].[Gd].[Gd].[Gd].[Gd].[Gd].[Gd].[Gd].[Gd].[Gd].[Gd].[Gd]. The molecule has 0 rings (SSSR count). The summed E-state index contributed by atoms with van der Waals surface area (Å²) in [6, 6.07) is 1.08. The fourth-order valence-electron chi connectivity index (χ4n) is 13.8. The third-order valence-electron chi connectivity index (χ3n) is 26.8. The molecule has 0 aliphatic carbocycles. The Balaban J connectivity index is -0.0000000507. The first-order chi connectivity index (χ1) is 61.6. The van der Waals surface area contributed by atoms with E-state index >= 15 is 0 Å². The maximum Gasteiger partial charge on any atom is 0.104 e. The zero-order valence-electron chi connectivity index (χ0n) is 104. The largest absolute Gasteiger partial charge is 0.384 e. The minimum Gasteiger partial charge on any atom is -0.384 e. The third kappa shape index (κ3) is 101. The van der Waals surface area contributed by atoms with Gasteiger partial charge in [-0.3, -0.25) is 59.9 Å². The maximum absolute atomic E-state index is 10.3. The first-order valence-electron chi connectivity index (χ1n) is 52.3. The molecular weight excluding hydrogens is 3580 g/mol. The van der Waals surface area contributed by atoms with Crippen LogP contribution in [0.1, 0.15) is 488 Å². The molecule has 36 heteroatoms. The molecule has 0 aliphatic rings. The van der Waals surface area contributed by atoms with Crippen molar-refractivity contribution in [1.82, 2.24) is 0 Å². The number of rotatable bonds is 44. The molecule has 0 heterocycles. The molecule has 9 unspecified atom stereocenters. The molecule has 0 aromatic rings. The Bertz CT molecular complexity index is 3370. The van der Waals surface area contributed by atoms with E-state index in [1.54, 1.807) is 49.0 Å². The van der Waals surface area contributed by atoms with Gasteiger partial charge >= 0.3 is 0 Å². The molecule has 24 nitrogen and oxygen atoms in total. The predicted molar refractivity (Wildman–Crippen MR) is 604 cm³/mol. The maximum atomic E-state index is 10.3. The van der Waals surface area contributed by atoms with Crippen molar-refractivity contribution in [2.75, 3.05) is 54.4 Å². The fourth-order valence-corrected chi connectivity index (χ4v) is 13.8. The van der Waals surface area contributed by atoms with E-state index in [-0.39, 0.29) is 521 Å². The van der Waals surface area contributed by atoms with Gasteiger partial charge in [0.2, 0.25) is 0 Å². The van der Waals surface area contributed by atoms with E-state index in [0.717, 1.165) is 230 Å². The Morgan fingerprint density at radius 3 is 0.537 bits per heavy atom. The van der Waals surface area contributed by atoms with Crippen molar-refractivity contribution in [2.24, 2.45) is 77.7 Å². The number of hydrogen-bond donors (Lipinski definition) is 12. The molecule has 0 amide bonds. The molecule has 0 bridgehead atoms. The smallest absolute Gasteiger partial charge is 0.104 e.